The Morgan fingerprint density at radius 1 is 1.05 bits per heavy atom. The Kier molecular flexibility index (Phi) is 6.28. The third-order valence-corrected chi connectivity index (χ3v) is 6.81. The van der Waals surface area contributed by atoms with Gasteiger partial charge in [0.2, 0.25) is 5.91 Å². The Labute approximate surface area is 215 Å². The lowest BCUT2D eigenvalue weighted by Gasteiger charge is -2.15. The fourth-order valence-corrected chi connectivity index (χ4v) is 4.69. The molecule has 1 saturated heterocycles. The first-order valence-corrected chi connectivity index (χ1v) is 12.7. The van der Waals surface area contributed by atoms with Crippen LogP contribution in [-0.4, -0.2) is 56.2 Å². The van der Waals surface area contributed by atoms with Crippen molar-refractivity contribution in [3.8, 4) is 22.8 Å². The maximum atomic E-state index is 12.7. The van der Waals surface area contributed by atoms with Crippen LogP contribution in [0.25, 0.3) is 22.3 Å². The number of para-hydroxylation sites is 1. The summed E-state index contributed by atoms with van der Waals surface area (Å²) in [6.45, 7) is 1.97. The molecule has 6 rings (SSSR count). The molecule has 0 unspecified atom stereocenters. The molecule has 1 amide bonds. The standard InChI is InChI=1S/C28H29N7O2/c29-27-25-26(19-8-12-23(13-9-19)37-22-5-2-1-3-6-22)33-35(28(25)32-18-31-27)21-14-16-34(17-21)24(36)7-4-15-30-20-10-11-20/h1-9,12-13,18,20-21,30H,10-11,14-17H2,(H2,29,31,32)/t21-/m1/s1. The van der Waals surface area contributed by atoms with Gasteiger partial charge in [0.25, 0.3) is 0 Å². The Hall–Kier alpha value is -4.24. The number of nitrogens with one attached hydrogen (secondary N) is 1. The smallest absolute Gasteiger partial charge is 0.246 e. The first kappa shape index (κ1) is 23.2. The van der Waals surface area contributed by atoms with Gasteiger partial charge in [-0.05, 0) is 55.7 Å². The molecule has 0 spiro atoms. The van der Waals surface area contributed by atoms with Crippen LogP contribution < -0.4 is 15.8 Å². The highest BCUT2D eigenvalue weighted by atomic mass is 16.5. The van der Waals surface area contributed by atoms with Gasteiger partial charge in [0.1, 0.15) is 29.3 Å². The summed E-state index contributed by atoms with van der Waals surface area (Å²) < 4.78 is 7.83. The molecule has 2 aromatic carbocycles. The number of fused-ring (bicyclic) bond motifs is 1. The quantitative estimate of drug-likeness (QED) is 0.356. The zero-order valence-corrected chi connectivity index (χ0v) is 20.5. The number of rotatable bonds is 8. The number of nitrogens with zero attached hydrogens (tertiary/aromatic N) is 5. The van der Waals surface area contributed by atoms with E-state index >= 15 is 0 Å². The van der Waals surface area contributed by atoms with E-state index in [0.29, 0.717) is 30.6 Å². The van der Waals surface area contributed by atoms with Gasteiger partial charge in [0.15, 0.2) is 5.65 Å². The summed E-state index contributed by atoms with van der Waals surface area (Å²) in [5.41, 5.74) is 8.58. The first-order valence-electron chi connectivity index (χ1n) is 12.7. The highest BCUT2D eigenvalue weighted by Gasteiger charge is 2.30. The summed E-state index contributed by atoms with van der Waals surface area (Å²) in [6, 6.07) is 18.0. The highest BCUT2D eigenvalue weighted by molar-refractivity contribution is 5.98. The number of carbonyl (C=O) groups is 1. The lowest BCUT2D eigenvalue weighted by atomic mass is 10.1. The van der Waals surface area contributed by atoms with Gasteiger partial charge in [-0.15, -0.1) is 0 Å². The summed E-state index contributed by atoms with van der Waals surface area (Å²) in [6.07, 6.45) is 8.30. The van der Waals surface area contributed by atoms with Gasteiger partial charge < -0.3 is 20.7 Å². The average Bonchev–Trinajstić information content (AvgIpc) is 3.46. The van der Waals surface area contributed by atoms with Crippen LogP contribution in [0.1, 0.15) is 25.3 Å². The molecule has 1 aliphatic carbocycles. The average molecular weight is 496 g/mol. The SMILES string of the molecule is Nc1ncnc2c1c(-c1ccc(Oc3ccccc3)cc1)nn2[C@@H]1CCN(C(=O)C=CCNC2CC2)C1. The second-order valence-electron chi connectivity index (χ2n) is 9.50. The summed E-state index contributed by atoms with van der Waals surface area (Å²) in [7, 11) is 0. The number of likely N-dealkylation sites (tertiary alicyclic amines) is 1. The van der Waals surface area contributed by atoms with Crippen molar-refractivity contribution >= 4 is 22.8 Å². The second-order valence-corrected chi connectivity index (χ2v) is 9.50. The molecule has 1 atom stereocenters. The molecule has 0 radical (unpaired) electrons. The van der Waals surface area contributed by atoms with Crippen molar-refractivity contribution in [3.05, 3.63) is 73.1 Å². The van der Waals surface area contributed by atoms with E-state index in [1.54, 1.807) is 6.08 Å². The molecule has 3 heterocycles. The molecule has 9 nitrogen and oxygen atoms in total. The Morgan fingerprint density at radius 3 is 2.62 bits per heavy atom. The van der Waals surface area contributed by atoms with Gasteiger partial charge in [-0.2, -0.15) is 5.10 Å². The van der Waals surface area contributed by atoms with Crippen LogP contribution >= 0.6 is 0 Å². The number of hydrogen-bond donors (Lipinski definition) is 2. The number of benzene rings is 2. The molecular formula is C28H29N7O2. The third-order valence-electron chi connectivity index (χ3n) is 6.81. The van der Waals surface area contributed by atoms with Crippen molar-refractivity contribution in [1.29, 1.82) is 0 Å². The van der Waals surface area contributed by atoms with Crippen molar-refractivity contribution in [3.63, 3.8) is 0 Å². The molecule has 1 aliphatic heterocycles. The maximum absolute atomic E-state index is 12.7. The van der Waals surface area contributed by atoms with E-state index in [2.05, 4.69) is 15.3 Å². The monoisotopic (exact) mass is 495 g/mol. The number of amides is 1. The van der Waals surface area contributed by atoms with Crippen molar-refractivity contribution in [2.45, 2.75) is 31.3 Å². The number of carbonyl (C=O) groups excluding carboxylic acids is 1. The molecular weight excluding hydrogens is 466 g/mol. The molecule has 4 aromatic rings. The van der Waals surface area contributed by atoms with Gasteiger partial charge in [-0.25, -0.2) is 14.6 Å². The number of nitrogens with two attached hydrogens (primary N) is 1. The van der Waals surface area contributed by atoms with Crippen molar-refractivity contribution < 1.29 is 9.53 Å². The first-order chi connectivity index (χ1) is 18.2. The van der Waals surface area contributed by atoms with Gasteiger partial charge >= 0.3 is 0 Å². The molecule has 2 fully saturated rings. The fourth-order valence-electron chi connectivity index (χ4n) is 4.69. The highest BCUT2D eigenvalue weighted by Crippen LogP contribution is 2.35. The van der Waals surface area contributed by atoms with E-state index < -0.39 is 0 Å². The summed E-state index contributed by atoms with van der Waals surface area (Å²) in [5, 5.41) is 9.05. The van der Waals surface area contributed by atoms with Gasteiger partial charge in [0.05, 0.1) is 11.4 Å². The van der Waals surface area contributed by atoms with Crippen molar-refractivity contribution in [2.24, 2.45) is 0 Å². The molecule has 2 aliphatic rings. The Bertz CT molecular complexity index is 1430. The van der Waals surface area contributed by atoms with Crippen molar-refractivity contribution in [1.82, 2.24) is 30.0 Å². The predicted molar refractivity (Wildman–Crippen MR) is 142 cm³/mol. The van der Waals surface area contributed by atoms with Crippen LogP contribution in [-0.2, 0) is 4.79 Å². The molecule has 9 heteroatoms. The van der Waals surface area contributed by atoms with E-state index in [0.717, 1.165) is 41.1 Å². The fraction of sp³-hybridized carbons (Fsp3) is 0.286. The minimum Gasteiger partial charge on any atom is -0.457 e. The number of ether oxygens (including phenoxy) is 1. The van der Waals surface area contributed by atoms with Crippen LogP contribution in [0.3, 0.4) is 0 Å². The normalized spacial score (nSPS) is 17.6. The molecule has 3 N–H and O–H groups in total. The van der Waals surface area contributed by atoms with Crippen molar-refractivity contribution in [2.75, 3.05) is 25.4 Å². The van der Waals surface area contributed by atoms with E-state index in [1.807, 2.05) is 70.3 Å². The van der Waals surface area contributed by atoms with E-state index in [-0.39, 0.29) is 11.9 Å². The van der Waals surface area contributed by atoms with Gasteiger partial charge in [0, 0.05) is 37.3 Å². The number of aromatic nitrogens is 4. The van der Waals surface area contributed by atoms with Crippen LogP contribution in [0.4, 0.5) is 5.82 Å². The lowest BCUT2D eigenvalue weighted by Crippen LogP contribution is -2.28. The Balaban J connectivity index is 1.22. The zero-order valence-electron chi connectivity index (χ0n) is 20.5. The summed E-state index contributed by atoms with van der Waals surface area (Å²) in [4.78, 5) is 23.3. The summed E-state index contributed by atoms with van der Waals surface area (Å²) in [5.74, 6) is 1.91. The van der Waals surface area contributed by atoms with Gasteiger partial charge in [-0.3, -0.25) is 4.79 Å². The number of nitrogen functional groups attached to an aromatic ring is 1. The van der Waals surface area contributed by atoms with E-state index in [4.69, 9.17) is 15.6 Å². The molecule has 188 valence electrons. The largest absolute Gasteiger partial charge is 0.457 e. The van der Waals surface area contributed by atoms with E-state index in [9.17, 15) is 4.79 Å². The minimum absolute atomic E-state index is 0.00757. The van der Waals surface area contributed by atoms with Crippen LogP contribution in [0.15, 0.2) is 73.1 Å². The molecule has 1 saturated carbocycles. The Morgan fingerprint density at radius 2 is 1.84 bits per heavy atom. The molecule has 2 aromatic heterocycles. The topological polar surface area (TPSA) is 111 Å². The van der Waals surface area contributed by atoms with Crippen LogP contribution in [0.2, 0.25) is 0 Å². The molecule has 0 bridgehead atoms. The second kappa shape index (κ2) is 10.0. The number of anilines is 1. The third kappa shape index (κ3) is 5.03. The molecule has 37 heavy (non-hydrogen) atoms. The van der Waals surface area contributed by atoms with Gasteiger partial charge in [-0.1, -0.05) is 24.3 Å². The zero-order chi connectivity index (χ0) is 25.2. The minimum atomic E-state index is 0.00757. The lowest BCUT2D eigenvalue weighted by molar-refractivity contribution is -0.125. The number of hydrogen-bond acceptors (Lipinski definition) is 7. The summed E-state index contributed by atoms with van der Waals surface area (Å²) >= 11 is 0. The maximum Gasteiger partial charge on any atom is 0.246 e. The van der Waals surface area contributed by atoms with E-state index in [1.165, 1.54) is 19.2 Å². The predicted octanol–water partition coefficient (Wildman–Crippen LogP) is 3.95. The van der Waals surface area contributed by atoms with Crippen LogP contribution in [0.5, 0.6) is 11.5 Å². The van der Waals surface area contributed by atoms with Crippen LogP contribution in [0, 0.1) is 0 Å².